The SMILES string of the molecule is CC(C)Cc1noc(CN(C)C(=O)NCc2cncn2C2CC2)n1. The highest BCUT2D eigenvalue weighted by atomic mass is 16.5. The van der Waals surface area contributed by atoms with E-state index < -0.39 is 0 Å². The third kappa shape index (κ3) is 4.12. The minimum atomic E-state index is -0.179. The average molecular weight is 332 g/mol. The van der Waals surface area contributed by atoms with Gasteiger partial charge in [-0.25, -0.2) is 9.78 Å². The number of carbonyl (C=O) groups excluding carboxylic acids is 1. The van der Waals surface area contributed by atoms with Gasteiger partial charge < -0.3 is 19.3 Å². The van der Waals surface area contributed by atoms with Crippen molar-refractivity contribution in [2.75, 3.05) is 7.05 Å². The lowest BCUT2D eigenvalue weighted by Gasteiger charge is -2.16. The molecule has 8 heteroatoms. The molecule has 1 fully saturated rings. The van der Waals surface area contributed by atoms with Crippen molar-refractivity contribution >= 4 is 6.03 Å². The second-order valence-electron chi connectivity index (χ2n) is 6.74. The van der Waals surface area contributed by atoms with Crippen LogP contribution in [0.5, 0.6) is 0 Å². The molecule has 2 aromatic heterocycles. The lowest BCUT2D eigenvalue weighted by atomic mass is 10.1. The molecule has 0 aromatic carbocycles. The molecule has 2 aromatic rings. The zero-order chi connectivity index (χ0) is 17.1. The Balaban J connectivity index is 1.49. The topological polar surface area (TPSA) is 89.1 Å². The van der Waals surface area contributed by atoms with Gasteiger partial charge in [0.25, 0.3) is 0 Å². The molecule has 0 saturated heterocycles. The van der Waals surface area contributed by atoms with Gasteiger partial charge >= 0.3 is 6.03 Å². The van der Waals surface area contributed by atoms with Gasteiger partial charge in [0.2, 0.25) is 5.89 Å². The van der Waals surface area contributed by atoms with E-state index in [1.165, 1.54) is 17.7 Å². The van der Waals surface area contributed by atoms with Crippen molar-refractivity contribution in [3.05, 3.63) is 29.9 Å². The number of urea groups is 1. The third-order valence-electron chi connectivity index (χ3n) is 3.93. The number of aromatic nitrogens is 4. The van der Waals surface area contributed by atoms with Crippen LogP contribution in [0.25, 0.3) is 0 Å². The summed E-state index contributed by atoms with van der Waals surface area (Å²) in [6, 6.07) is 0.372. The monoisotopic (exact) mass is 332 g/mol. The number of carbonyl (C=O) groups is 1. The Hall–Kier alpha value is -2.38. The summed E-state index contributed by atoms with van der Waals surface area (Å²) in [6.07, 6.45) is 6.77. The van der Waals surface area contributed by atoms with Gasteiger partial charge in [-0.3, -0.25) is 0 Å². The molecule has 1 N–H and O–H groups in total. The van der Waals surface area contributed by atoms with Crippen LogP contribution in [0, 0.1) is 5.92 Å². The Kier molecular flexibility index (Phi) is 4.82. The Bertz CT molecular complexity index is 688. The summed E-state index contributed by atoms with van der Waals surface area (Å²) in [5.41, 5.74) is 1.02. The van der Waals surface area contributed by atoms with Crippen LogP contribution >= 0.6 is 0 Å². The Morgan fingerprint density at radius 3 is 3.00 bits per heavy atom. The Morgan fingerprint density at radius 2 is 2.29 bits per heavy atom. The zero-order valence-corrected chi connectivity index (χ0v) is 14.4. The minimum absolute atomic E-state index is 0.179. The number of hydrogen-bond acceptors (Lipinski definition) is 5. The van der Waals surface area contributed by atoms with Crippen molar-refractivity contribution in [2.24, 2.45) is 5.92 Å². The highest BCUT2D eigenvalue weighted by Crippen LogP contribution is 2.35. The predicted molar refractivity (Wildman–Crippen MR) is 87.0 cm³/mol. The maximum absolute atomic E-state index is 12.2. The molecular formula is C16H24N6O2. The number of rotatable bonds is 7. The van der Waals surface area contributed by atoms with E-state index in [4.69, 9.17) is 4.52 Å². The largest absolute Gasteiger partial charge is 0.337 e. The highest BCUT2D eigenvalue weighted by Gasteiger charge is 2.25. The van der Waals surface area contributed by atoms with Crippen molar-refractivity contribution in [3.8, 4) is 0 Å². The van der Waals surface area contributed by atoms with Gasteiger partial charge in [0.15, 0.2) is 5.82 Å². The van der Waals surface area contributed by atoms with E-state index in [1.807, 2.05) is 6.33 Å². The Morgan fingerprint density at radius 1 is 1.50 bits per heavy atom. The van der Waals surface area contributed by atoms with Crippen LogP contribution in [0.15, 0.2) is 17.0 Å². The van der Waals surface area contributed by atoms with Gasteiger partial charge in [-0.15, -0.1) is 0 Å². The molecule has 2 heterocycles. The van der Waals surface area contributed by atoms with Crippen LogP contribution in [-0.2, 0) is 19.5 Å². The van der Waals surface area contributed by atoms with E-state index in [9.17, 15) is 4.79 Å². The first kappa shape index (κ1) is 16.5. The standard InChI is InChI=1S/C16H24N6O2/c1-11(2)6-14-19-15(24-20-14)9-21(3)16(23)18-8-13-7-17-10-22(13)12-4-5-12/h7,10-12H,4-6,8-9H2,1-3H3,(H,18,23). The molecule has 0 spiro atoms. The van der Waals surface area contributed by atoms with Crippen molar-refractivity contribution in [1.82, 2.24) is 29.9 Å². The van der Waals surface area contributed by atoms with Crippen LogP contribution in [0.1, 0.15) is 50.1 Å². The smallest absolute Gasteiger partial charge is 0.317 e. The summed E-state index contributed by atoms with van der Waals surface area (Å²) >= 11 is 0. The van der Waals surface area contributed by atoms with Gasteiger partial charge in [0.1, 0.15) is 6.54 Å². The number of nitrogens with zero attached hydrogens (tertiary/aromatic N) is 5. The van der Waals surface area contributed by atoms with E-state index in [1.54, 1.807) is 13.2 Å². The van der Waals surface area contributed by atoms with Crippen LogP contribution < -0.4 is 5.32 Å². The van der Waals surface area contributed by atoms with Crippen LogP contribution in [-0.4, -0.2) is 37.7 Å². The maximum atomic E-state index is 12.2. The van der Waals surface area contributed by atoms with Crippen molar-refractivity contribution in [2.45, 2.75) is 52.2 Å². The van der Waals surface area contributed by atoms with Gasteiger partial charge in [-0.2, -0.15) is 4.98 Å². The molecule has 1 aliphatic rings. The molecule has 2 amide bonds. The quantitative estimate of drug-likeness (QED) is 0.839. The number of nitrogens with one attached hydrogen (secondary N) is 1. The fraction of sp³-hybridized carbons (Fsp3) is 0.625. The minimum Gasteiger partial charge on any atom is -0.337 e. The second-order valence-corrected chi connectivity index (χ2v) is 6.74. The third-order valence-corrected chi connectivity index (χ3v) is 3.93. The van der Waals surface area contributed by atoms with Gasteiger partial charge in [-0.05, 0) is 18.8 Å². The van der Waals surface area contributed by atoms with Gasteiger partial charge in [0, 0.05) is 25.7 Å². The summed E-state index contributed by atoms with van der Waals surface area (Å²) in [5, 5.41) is 6.84. The fourth-order valence-corrected chi connectivity index (χ4v) is 2.53. The first-order valence-electron chi connectivity index (χ1n) is 8.34. The lowest BCUT2D eigenvalue weighted by Crippen LogP contribution is -2.36. The molecule has 3 rings (SSSR count). The molecule has 0 bridgehead atoms. The molecule has 24 heavy (non-hydrogen) atoms. The maximum Gasteiger partial charge on any atom is 0.317 e. The van der Waals surface area contributed by atoms with E-state index in [0.717, 1.165) is 12.1 Å². The molecule has 1 aliphatic carbocycles. The summed E-state index contributed by atoms with van der Waals surface area (Å²) in [4.78, 5) is 22.2. The van der Waals surface area contributed by atoms with Crippen molar-refractivity contribution in [1.29, 1.82) is 0 Å². The van der Waals surface area contributed by atoms with E-state index in [-0.39, 0.29) is 6.03 Å². The molecular weight excluding hydrogens is 308 g/mol. The predicted octanol–water partition coefficient (Wildman–Crippen LogP) is 2.14. The van der Waals surface area contributed by atoms with Gasteiger partial charge in [0.05, 0.1) is 18.6 Å². The fourth-order valence-electron chi connectivity index (χ4n) is 2.53. The first-order valence-corrected chi connectivity index (χ1v) is 8.34. The zero-order valence-electron chi connectivity index (χ0n) is 14.4. The van der Waals surface area contributed by atoms with Crippen molar-refractivity contribution < 1.29 is 9.32 Å². The van der Waals surface area contributed by atoms with E-state index >= 15 is 0 Å². The second kappa shape index (κ2) is 7.02. The van der Waals surface area contributed by atoms with E-state index in [2.05, 4.69) is 38.9 Å². The number of hydrogen-bond donors (Lipinski definition) is 1. The van der Waals surface area contributed by atoms with Crippen LogP contribution in [0.2, 0.25) is 0 Å². The summed E-state index contributed by atoms with van der Waals surface area (Å²) in [5.74, 6) is 1.60. The summed E-state index contributed by atoms with van der Waals surface area (Å²) in [7, 11) is 1.71. The van der Waals surface area contributed by atoms with E-state index in [0.29, 0.717) is 36.8 Å². The molecule has 0 atom stereocenters. The summed E-state index contributed by atoms with van der Waals surface area (Å²) < 4.78 is 7.33. The molecule has 0 radical (unpaired) electrons. The molecule has 1 saturated carbocycles. The molecule has 0 unspecified atom stereocenters. The Labute approximate surface area is 141 Å². The van der Waals surface area contributed by atoms with Crippen LogP contribution in [0.3, 0.4) is 0 Å². The number of amides is 2. The first-order chi connectivity index (χ1) is 11.5. The summed E-state index contributed by atoms with van der Waals surface area (Å²) in [6.45, 7) is 4.95. The van der Waals surface area contributed by atoms with Crippen molar-refractivity contribution in [3.63, 3.8) is 0 Å². The number of imidazole rings is 1. The lowest BCUT2D eigenvalue weighted by molar-refractivity contribution is 0.199. The molecule has 130 valence electrons. The highest BCUT2D eigenvalue weighted by molar-refractivity contribution is 5.73. The average Bonchev–Trinajstić information content (AvgIpc) is 3.11. The van der Waals surface area contributed by atoms with Gasteiger partial charge in [-0.1, -0.05) is 19.0 Å². The molecule has 8 nitrogen and oxygen atoms in total. The normalized spacial score (nSPS) is 14.2. The van der Waals surface area contributed by atoms with Crippen LogP contribution in [0.4, 0.5) is 4.79 Å². The molecule has 0 aliphatic heterocycles.